The van der Waals surface area contributed by atoms with Crippen LogP contribution in [0.25, 0.3) is 18.2 Å². The molecule has 0 aliphatic rings. The summed E-state index contributed by atoms with van der Waals surface area (Å²) in [6.45, 7) is 5.93. The van der Waals surface area contributed by atoms with Gasteiger partial charge in [-0.3, -0.25) is 0 Å². The Morgan fingerprint density at radius 1 is 0.417 bits per heavy atom. The molecule has 0 amide bonds. The Bertz CT molecular complexity index is 1810. The summed E-state index contributed by atoms with van der Waals surface area (Å²) in [6, 6.07) is 29.5. The zero-order valence-electron chi connectivity index (χ0n) is 36.6. The summed E-state index contributed by atoms with van der Waals surface area (Å²) in [6.07, 6.45) is 33.0. The third-order valence-corrected chi connectivity index (χ3v) is 10.6. The van der Waals surface area contributed by atoms with Gasteiger partial charge in [-0.2, -0.15) is 0 Å². The third-order valence-electron chi connectivity index (χ3n) is 10.6. The van der Waals surface area contributed by atoms with Gasteiger partial charge in [0.05, 0.1) is 18.8 Å². The fourth-order valence-electron chi connectivity index (χ4n) is 6.92. The summed E-state index contributed by atoms with van der Waals surface area (Å²) in [5.74, 6) is 1.65. The maximum atomic E-state index is 12.8. The summed E-state index contributed by atoms with van der Waals surface area (Å²) in [5, 5.41) is 0. The van der Waals surface area contributed by atoms with Gasteiger partial charge in [-0.1, -0.05) is 178 Å². The molecule has 4 rings (SSSR count). The van der Waals surface area contributed by atoms with Crippen LogP contribution in [0.15, 0.2) is 103 Å². The molecule has 0 aliphatic carbocycles. The number of esters is 2. The van der Waals surface area contributed by atoms with E-state index in [1.165, 1.54) is 122 Å². The maximum absolute atomic E-state index is 12.8. The van der Waals surface area contributed by atoms with Gasteiger partial charge < -0.3 is 18.9 Å². The first-order valence-electron chi connectivity index (χ1n) is 23.0. The van der Waals surface area contributed by atoms with Crippen LogP contribution in [0.3, 0.4) is 0 Å². The van der Waals surface area contributed by atoms with Crippen molar-refractivity contribution in [1.29, 1.82) is 0 Å². The zero-order valence-corrected chi connectivity index (χ0v) is 36.6. The van der Waals surface area contributed by atoms with Crippen molar-refractivity contribution in [2.24, 2.45) is 0 Å². The molecule has 4 aromatic carbocycles. The lowest BCUT2D eigenvalue weighted by Crippen LogP contribution is -2.08. The summed E-state index contributed by atoms with van der Waals surface area (Å²) in [4.78, 5) is 25.4. The van der Waals surface area contributed by atoms with Crippen molar-refractivity contribution in [2.75, 3.05) is 13.2 Å². The number of unbranched alkanes of at least 4 members (excludes halogenated alkanes) is 18. The number of hydrogen-bond donors (Lipinski definition) is 0. The number of rotatable bonds is 31. The predicted octanol–water partition coefficient (Wildman–Crippen LogP) is 15.3. The van der Waals surface area contributed by atoms with Gasteiger partial charge in [0.15, 0.2) is 0 Å². The number of carbonyl (C=O) groups is 2. The molecule has 60 heavy (non-hydrogen) atoms. The Labute approximate surface area is 361 Å². The average Bonchev–Trinajstić information content (AvgIpc) is 3.27. The van der Waals surface area contributed by atoms with Crippen molar-refractivity contribution in [3.05, 3.63) is 125 Å². The molecule has 0 saturated carbocycles. The van der Waals surface area contributed by atoms with Gasteiger partial charge in [-0.05, 0) is 96.3 Å². The van der Waals surface area contributed by atoms with Crippen LogP contribution in [0.5, 0.6) is 23.0 Å². The molecule has 322 valence electrons. The quantitative estimate of drug-likeness (QED) is 0.0166. The molecule has 0 atom stereocenters. The van der Waals surface area contributed by atoms with Crippen LogP contribution in [0.1, 0.15) is 169 Å². The van der Waals surface area contributed by atoms with E-state index in [-0.39, 0.29) is 0 Å². The van der Waals surface area contributed by atoms with Gasteiger partial charge in [0.2, 0.25) is 0 Å². The molecule has 6 heteroatoms. The molecular formula is C54H70O6. The van der Waals surface area contributed by atoms with Crippen LogP contribution in [0.4, 0.5) is 0 Å². The monoisotopic (exact) mass is 815 g/mol. The van der Waals surface area contributed by atoms with E-state index in [0.717, 1.165) is 47.6 Å². The highest BCUT2D eigenvalue weighted by Gasteiger charge is 2.09. The molecule has 6 nitrogen and oxygen atoms in total. The van der Waals surface area contributed by atoms with E-state index in [2.05, 4.69) is 13.8 Å². The zero-order chi connectivity index (χ0) is 42.3. The smallest absolute Gasteiger partial charge is 0.343 e. The molecule has 0 aromatic heterocycles. The van der Waals surface area contributed by atoms with Crippen LogP contribution in [-0.2, 0) is 4.79 Å². The second-order valence-corrected chi connectivity index (χ2v) is 15.8. The lowest BCUT2D eigenvalue weighted by atomic mass is 10.1. The fourth-order valence-corrected chi connectivity index (χ4v) is 6.92. The number of hydrogen-bond acceptors (Lipinski definition) is 6. The van der Waals surface area contributed by atoms with Gasteiger partial charge in [-0.25, -0.2) is 9.59 Å². The Morgan fingerprint density at radius 3 is 1.37 bits per heavy atom. The van der Waals surface area contributed by atoms with Crippen molar-refractivity contribution < 1.29 is 28.5 Å². The molecule has 0 N–H and O–H groups in total. The lowest BCUT2D eigenvalue weighted by molar-refractivity contribution is -0.128. The van der Waals surface area contributed by atoms with Crippen molar-refractivity contribution in [3.8, 4) is 23.0 Å². The predicted molar refractivity (Wildman–Crippen MR) is 249 cm³/mol. The first kappa shape index (κ1) is 47.6. The Balaban J connectivity index is 1.10. The highest BCUT2D eigenvalue weighted by atomic mass is 16.5. The van der Waals surface area contributed by atoms with Crippen molar-refractivity contribution in [2.45, 2.75) is 142 Å². The second-order valence-electron chi connectivity index (χ2n) is 15.8. The number of benzene rings is 4. The standard InChI is InChI=1S/C54H70O6/c1-3-5-7-9-11-13-15-17-19-21-42-57-49-35-28-46(29-36-49)32-41-53(55)59-52-25-23-24-47(44-52)27-26-45-30-37-51(38-31-45)60-54(56)48-33-39-50(40-34-48)58-43-22-20-18-16-14-12-10-8-6-4-2/h23-41,44H,3-22,42-43H2,1-2H3/b27-26+,41-32+. The molecular weight excluding hydrogens is 745 g/mol. The van der Waals surface area contributed by atoms with Crippen molar-refractivity contribution >= 4 is 30.2 Å². The van der Waals surface area contributed by atoms with Crippen LogP contribution in [-0.4, -0.2) is 25.2 Å². The Kier molecular flexibility index (Phi) is 23.8. The lowest BCUT2D eigenvalue weighted by Gasteiger charge is -2.08. The van der Waals surface area contributed by atoms with Gasteiger partial charge in [-0.15, -0.1) is 0 Å². The van der Waals surface area contributed by atoms with E-state index in [1.54, 1.807) is 36.4 Å². The molecule has 0 bridgehead atoms. The minimum atomic E-state index is -0.452. The first-order chi connectivity index (χ1) is 29.5. The Hall–Kier alpha value is -5.10. The normalized spacial score (nSPS) is 11.3. The van der Waals surface area contributed by atoms with Gasteiger partial charge >= 0.3 is 11.9 Å². The topological polar surface area (TPSA) is 71.1 Å². The third kappa shape index (κ3) is 20.7. The SMILES string of the molecule is CCCCCCCCCCCCOc1ccc(/C=C/C(=O)Oc2cccc(/C=C/c3ccc(OC(=O)c4ccc(OCCCCCCCCCCCC)cc4)cc3)c2)cc1. The summed E-state index contributed by atoms with van der Waals surface area (Å²) < 4.78 is 23.0. The molecule has 0 spiro atoms. The van der Waals surface area contributed by atoms with E-state index in [9.17, 15) is 9.59 Å². The highest BCUT2D eigenvalue weighted by molar-refractivity contribution is 5.91. The van der Waals surface area contributed by atoms with Gasteiger partial charge in [0, 0.05) is 6.08 Å². The fraction of sp³-hybridized carbons (Fsp3) is 0.444. The molecule has 0 radical (unpaired) electrons. The number of carbonyl (C=O) groups excluding carboxylic acids is 2. The van der Waals surface area contributed by atoms with Crippen molar-refractivity contribution in [3.63, 3.8) is 0 Å². The van der Waals surface area contributed by atoms with Gasteiger partial charge in [0.25, 0.3) is 0 Å². The maximum Gasteiger partial charge on any atom is 0.343 e. The highest BCUT2D eigenvalue weighted by Crippen LogP contribution is 2.21. The average molecular weight is 815 g/mol. The summed E-state index contributed by atoms with van der Waals surface area (Å²) >= 11 is 0. The van der Waals surface area contributed by atoms with Crippen LogP contribution < -0.4 is 18.9 Å². The van der Waals surface area contributed by atoms with E-state index < -0.39 is 11.9 Å². The van der Waals surface area contributed by atoms with Crippen LogP contribution >= 0.6 is 0 Å². The van der Waals surface area contributed by atoms with Crippen LogP contribution in [0.2, 0.25) is 0 Å². The van der Waals surface area contributed by atoms with Crippen LogP contribution in [0, 0.1) is 0 Å². The minimum Gasteiger partial charge on any atom is -0.494 e. The molecule has 0 aliphatic heterocycles. The van der Waals surface area contributed by atoms with E-state index in [0.29, 0.717) is 23.7 Å². The molecule has 0 unspecified atom stereocenters. The first-order valence-corrected chi connectivity index (χ1v) is 23.0. The molecule has 0 heterocycles. The van der Waals surface area contributed by atoms with Crippen molar-refractivity contribution in [1.82, 2.24) is 0 Å². The summed E-state index contributed by atoms with van der Waals surface area (Å²) in [5.41, 5.74) is 3.17. The van der Waals surface area contributed by atoms with E-state index >= 15 is 0 Å². The largest absolute Gasteiger partial charge is 0.494 e. The molecule has 0 saturated heterocycles. The van der Waals surface area contributed by atoms with E-state index in [1.807, 2.05) is 78.9 Å². The van der Waals surface area contributed by atoms with E-state index in [4.69, 9.17) is 18.9 Å². The second kappa shape index (κ2) is 30.0. The molecule has 4 aromatic rings. The minimum absolute atomic E-state index is 0.418. The summed E-state index contributed by atoms with van der Waals surface area (Å²) in [7, 11) is 0. The number of ether oxygens (including phenoxy) is 4. The van der Waals surface area contributed by atoms with Gasteiger partial charge in [0.1, 0.15) is 23.0 Å². The Morgan fingerprint density at radius 2 is 0.850 bits per heavy atom. The molecule has 0 fully saturated rings.